The molecule has 182 valence electrons. The number of amides is 2. The number of nitrogens with zero attached hydrogens (tertiary/aromatic N) is 3. The van der Waals surface area contributed by atoms with Crippen molar-refractivity contribution in [1.29, 1.82) is 0 Å². The Kier molecular flexibility index (Phi) is 6.90. The minimum absolute atomic E-state index is 0.0528. The molecule has 2 amide bonds. The molecule has 0 spiro atoms. The first-order chi connectivity index (χ1) is 16.6. The topological polar surface area (TPSA) is 120 Å². The Morgan fingerprint density at radius 2 is 2.06 bits per heavy atom. The normalized spacial score (nSPS) is 16.4. The molecule has 1 aliphatic rings. The van der Waals surface area contributed by atoms with E-state index in [9.17, 15) is 14.7 Å². The number of aromatic nitrogens is 3. The van der Waals surface area contributed by atoms with E-state index in [1.807, 2.05) is 30.3 Å². The number of carbonyl (C=O) groups is 2. The number of nitrogens with one attached hydrogen (secondary N) is 2. The van der Waals surface area contributed by atoms with E-state index < -0.39 is 17.6 Å². The average molecular weight is 496 g/mol. The SMILES string of the molecule is CN1C(=O)[C@H](NC(=O)c2n[nH]c(Cc3ccccc3)n2)COc2ccc(/C=C(\Cl)C(C)(C)O)cc21. The van der Waals surface area contributed by atoms with Gasteiger partial charge in [-0.05, 0) is 43.2 Å². The van der Waals surface area contributed by atoms with E-state index in [-0.39, 0.29) is 23.4 Å². The number of hydrogen-bond acceptors (Lipinski definition) is 6. The van der Waals surface area contributed by atoms with Crippen LogP contribution in [-0.2, 0) is 11.2 Å². The van der Waals surface area contributed by atoms with Crippen LogP contribution >= 0.6 is 11.6 Å². The smallest absolute Gasteiger partial charge is 0.291 e. The third-order valence-electron chi connectivity index (χ3n) is 5.51. The summed E-state index contributed by atoms with van der Waals surface area (Å²) in [6, 6.07) is 14.0. The van der Waals surface area contributed by atoms with Crippen molar-refractivity contribution in [2.45, 2.75) is 31.9 Å². The Morgan fingerprint density at radius 1 is 1.31 bits per heavy atom. The summed E-state index contributed by atoms with van der Waals surface area (Å²) in [4.78, 5) is 31.5. The lowest BCUT2D eigenvalue weighted by molar-refractivity contribution is -0.120. The van der Waals surface area contributed by atoms with Gasteiger partial charge < -0.3 is 20.1 Å². The summed E-state index contributed by atoms with van der Waals surface area (Å²) in [5, 5.41) is 19.8. The van der Waals surface area contributed by atoms with Gasteiger partial charge in [-0.1, -0.05) is 48.0 Å². The average Bonchev–Trinajstić information content (AvgIpc) is 3.25. The number of carbonyl (C=O) groups excluding carboxylic acids is 2. The van der Waals surface area contributed by atoms with Crippen LogP contribution in [0.5, 0.6) is 5.75 Å². The Labute approximate surface area is 207 Å². The molecule has 9 nitrogen and oxygen atoms in total. The number of halogens is 1. The van der Waals surface area contributed by atoms with E-state index in [0.717, 1.165) is 5.56 Å². The largest absolute Gasteiger partial charge is 0.489 e. The molecule has 0 bridgehead atoms. The molecule has 0 radical (unpaired) electrons. The minimum atomic E-state index is -1.19. The van der Waals surface area contributed by atoms with Crippen LogP contribution in [0.3, 0.4) is 0 Å². The quantitative estimate of drug-likeness (QED) is 0.483. The van der Waals surface area contributed by atoms with Crippen molar-refractivity contribution in [1.82, 2.24) is 20.5 Å². The molecule has 3 aromatic rings. The summed E-state index contributed by atoms with van der Waals surface area (Å²) in [5.41, 5.74) is 1.04. The fourth-order valence-electron chi connectivity index (χ4n) is 3.52. The Bertz CT molecular complexity index is 1270. The molecule has 0 aliphatic carbocycles. The number of aliphatic hydroxyl groups is 1. The van der Waals surface area contributed by atoms with Crippen LogP contribution in [-0.4, -0.2) is 57.4 Å². The lowest BCUT2D eigenvalue weighted by atomic mass is 10.1. The van der Waals surface area contributed by atoms with Crippen molar-refractivity contribution in [3.05, 3.63) is 76.3 Å². The lowest BCUT2D eigenvalue weighted by Gasteiger charge is -2.20. The molecule has 1 aromatic heterocycles. The summed E-state index contributed by atoms with van der Waals surface area (Å²) in [7, 11) is 1.60. The molecular weight excluding hydrogens is 470 g/mol. The minimum Gasteiger partial charge on any atom is -0.489 e. The molecule has 0 unspecified atom stereocenters. The summed E-state index contributed by atoms with van der Waals surface area (Å²) in [6.07, 6.45) is 2.12. The highest BCUT2D eigenvalue weighted by Gasteiger charge is 2.32. The zero-order valence-corrected chi connectivity index (χ0v) is 20.3. The van der Waals surface area contributed by atoms with Gasteiger partial charge in [-0.15, -0.1) is 5.10 Å². The predicted molar refractivity (Wildman–Crippen MR) is 132 cm³/mol. The first-order valence-electron chi connectivity index (χ1n) is 11.0. The zero-order chi connectivity index (χ0) is 25.2. The molecule has 1 aliphatic heterocycles. The maximum absolute atomic E-state index is 13.1. The van der Waals surface area contributed by atoms with E-state index in [2.05, 4.69) is 20.5 Å². The third kappa shape index (κ3) is 5.70. The fourth-order valence-corrected chi connectivity index (χ4v) is 3.65. The Hall–Kier alpha value is -3.69. The predicted octanol–water partition coefficient (Wildman–Crippen LogP) is 2.90. The van der Waals surface area contributed by atoms with E-state index in [4.69, 9.17) is 16.3 Å². The highest BCUT2D eigenvalue weighted by atomic mass is 35.5. The van der Waals surface area contributed by atoms with E-state index in [1.54, 1.807) is 45.2 Å². The molecule has 2 heterocycles. The number of fused-ring (bicyclic) bond motifs is 1. The Balaban J connectivity index is 1.47. The number of rotatable bonds is 6. The molecular formula is C25H26ClN5O4. The summed E-state index contributed by atoms with van der Waals surface area (Å²) in [5.74, 6) is 0.0351. The second-order valence-corrected chi connectivity index (χ2v) is 9.19. The van der Waals surface area contributed by atoms with Crippen molar-refractivity contribution in [3.63, 3.8) is 0 Å². The van der Waals surface area contributed by atoms with Gasteiger partial charge in [0.05, 0.1) is 11.3 Å². The molecule has 3 N–H and O–H groups in total. The van der Waals surface area contributed by atoms with Crippen molar-refractivity contribution in [3.8, 4) is 5.75 Å². The number of benzene rings is 2. The van der Waals surface area contributed by atoms with Crippen molar-refractivity contribution < 1.29 is 19.4 Å². The highest BCUT2D eigenvalue weighted by molar-refractivity contribution is 6.32. The van der Waals surface area contributed by atoms with Gasteiger partial charge in [0, 0.05) is 18.5 Å². The van der Waals surface area contributed by atoms with Crippen molar-refractivity contribution >= 4 is 35.2 Å². The molecule has 2 aromatic carbocycles. The van der Waals surface area contributed by atoms with E-state index >= 15 is 0 Å². The molecule has 0 saturated heterocycles. The Morgan fingerprint density at radius 3 is 2.77 bits per heavy atom. The monoisotopic (exact) mass is 495 g/mol. The number of hydrogen-bond donors (Lipinski definition) is 3. The lowest BCUT2D eigenvalue weighted by Crippen LogP contribution is -2.49. The van der Waals surface area contributed by atoms with Crippen LogP contribution in [0.25, 0.3) is 6.08 Å². The van der Waals surface area contributed by atoms with Gasteiger partial charge in [-0.25, -0.2) is 4.98 Å². The highest BCUT2D eigenvalue weighted by Crippen LogP contribution is 2.33. The van der Waals surface area contributed by atoms with E-state index in [0.29, 0.717) is 29.2 Å². The molecule has 35 heavy (non-hydrogen) atoms. The van der Waals surface area contributed by atoms with Crippen LogP contribution in [0.4, 0.5) is 5.69 Å². The number of likely N-dealkylation sites (N-methyl/N-ethyl adjacent to an activating group) is 1. The summed E-state index contributed by atoms with van der Waals surface area (Å²) < 4.78 is 5.82. The number of H-pyrrole nitrogens is 1. The van der Waals surface area contributed by atoms with Gasteiger partial charge in [-0.2, -0.15) is 0 Å². The molecule has 10 heteroatoms. The van der Waals surface area contributed by atoms with Crippen LogP contribution in [0.15, 0.2) is 53.6 Å². The van der Waals surface area contributed by atoms with Crippen molar-refractivity contribution in [2.75, 3.05) is 18.6 Å². The van der Waals surface area contributed by atoms with Crippen LogP contribution in [0.1, 0.15) is 41.4 Å². The fraction of sp³-hybridized carbons (Fsp3) is 0.280. The molecule has 0 saturated carbocycles. The van der Waals surface area contributed by atoms with E-state index in [1.165, 1.54) is 4.90 Å². The number of anilines is 1. The maximum Gasteiger partial charge on any atom is 0.291 e. The van der Waals surface area contributed by atoms with Gasteiger partial charge in [0.25, 0.3) is 11.8 Å². The number of aromatic amines is 1. The second kappa shape index (κ2) is 9.89. The van der Waals surface area contributed by atoms with Gasteiger partial charge >= 0.3 is 0 Å². The van der Waals surface area contributed by atoms with Gasteiger partial charge in [0.1, 0.15) is 24.2 Å². The van der Waals surface area contributed by atoms with Gasteiger partial charge in [-0.3, -0.25) is 14.7 Å². The first kappa shape index (κ1) is 24.4. The summed E-state index contributed by atoms with van der Waals surface area (Å²) >= 11 is 6.20. The maximum atomic E-state index is 13.1. The van der Waals surface area contributed by atoms with Crippen molar-refractivity contribution in [2.24, 2.45) is 0 Å². The van der Waals surface area contributed by atoms with Gasteiger partial charge in [0.2, 0.25) is 5.82 Å². The third-order valence-corrected chi connectivity index (χ3v) is 6.08. The molecule has 4 rings (SSSR count). The molecule has 1 atom stereocenters. The number of ether oxygens (including phenoxy) is 1. The second-order valence-electron chi connectivity index (χ2n) is 8.78. The first-order valence-corrected chi connectivity index (χ1v) is 11.4. The van der Waals surface area contributed by atoms with Gasteiger partial charge in [0.15, 0.2) is 0 Å². The summed E-state index contributed by atoms with van der Waals surface area (Å²) in [6.45, 7) is 3.11. The van der Waals surface area contributed by atoms with Crippen LogP contribution < -0.4 is 15.0 Å². The standard InChI is InChI=1S/C25H26ClN5O4/c1-25(2,34)20(26)12-16-9-10-19-18(11-16)31(3)24(33)17(14-35-19)27-23(32)22-28-21(29-30-22)13-15-7-5-4-6-8-15/h4-12,17,34H,13-14H2,1-3H3,(H,27,32)(H,28,29,30)/b20-12-/t17-/m1/s1. The molecule has 0 fully saturated rings. The zero-order valence-electron chi connectivity index (χ0n) is 19.6. The van der Waals surface area contributed by atoms with Crippen LogP contribution in [0, 0.1) is 0 Å². The van der Waals surface area contributed by atoms with Crippen LogP contribution in [0.2, 0.25) is 0 Å².